The molecule has 1 atom stereocenters. The lowest BCUT2D eigenvalue weighted by Gasteiger charge is -2.26. The highest BCUT2D eigenvalue weighted by molar-refractivity contribution is 7.19. The summed E-state index contributed by atoms with van der Waals surface area (Å²) in [5.74, 6) is 0.502. The molecule has 1 saturated heterocycles. The summed E-state index contributed by atoms with van der Waals surface area (Å²) in [6.07, 6.45) is 3.61. The monoisotopic (exact) mass is 385 g/mol. The van der Waals surface area contributed by atoms with E-state index in [0.29, 0.717) is 33.9 Å². The van der Waals surface area contributed by atoms with Gasteiger partial charge in [-0.3, -0.25) is 10.1 Å². The zero-order chi connectivity index (χ0) is 17.1. The minimum Gasteiger partial charge on any atom is -0.482 e. The number of ether oxygens (including phenoxy) is 1. The van der Waals surface area contributed by atoms with Gasteiger partial charge in [-0.2, -0.15) is 0 Å². The van der Waals surface area contributed by atoms with E-state index in [1.54, 1.807) is 12.1 Å². The Labute approximate surface area is 152 Å². The van der Waals surface area contributed by atoms with E-state index in [-0.39, 0.29) is 0 Å². The lowest BCUT2D eigenvalue weighted by atomic mass is 10.1. The van der Waals surface area contributed by atoms with Gasteiger partial charge in [-0.1, -0.05) is 23.2 Å². The lowest BCUT2D eigenvalue weighted by Crippen LogP contribution is -2.35. The van der Waals surface area contributed by atoms with E-state index in [9.17, 15) is 10.1 Å². The first kappa shape index (κ1) is 17.0. The fourth-order valence-electron chi connectivity index (χ4n) is 2.44. The molecule has 0 amide bonds. The zero-order valence-electron chi connectivity index (χ0n) is 12.4. The van der Waals surface area contributed by atoms with Gasteiger partial charge in [0.2, 0.25) is 0 Å². The minimum absolute atomic E-state index is 0.351. The third kappa shape index (κ3) is 3.98. The summed E-state index contributed by atoms with van der Waals surface area (Å²) >= 11 is 13.5. The highest BCUT2D eigenvalue weighted by atomic mass is 35.5. The molecule has 9 heteroatoms. The van der Waals surface area contributed by atoms with Crippen molar-refractivity contribution in [2.75, 3.05) is 6.54 Å². The molecule has 0 aromatic carbocycles. The predicted molar refractivity (Wildman–Crippen MR) is 94.3 cm³/mol. The maximum atomic E-state index is 10.7. The molecule has 1 unspecified atom stereocenters. The van der Waals surface area contributed by atoms with Crippen molar-refractivity contribution in [3.8, 4) is 16.2 Å². The van der Waals surface area contributed by atoms with Crippen LogP contribution in [0.25, 0.3) is 10.4 Å². The van der Waals surface area contributed by atoms with E-state index in [2.05, 4.69) is 10.3 Å². The first-order valence-electron chi connectivity index (χ1n) is 7.20. The Morgan fingerprint density at radius 1 is 1.46 bits per heavy atom. The highest BCUT2D eigenvalue weighted by Crippen LogP contribution is 2.36. The molecule has 0 radical (unpaired) electrons. The molecule has 126 valence electrons. The van der Waals surface area contributed by atoms with Gasteiger partial charge in [0.1, 0.15) is 22.7 Å². The molecule has 1 N–H and O–H groups in total. The summed E-state index contributed by atoms with van der Waals surface area (Å²) in [5, 5.41) is 14.1. The molecule has 1 aliphatic rings. The second kappa shape index (κ2) is 7.38. The van der Waals surface area contributed by atoms with Crippen molar-refractivity contribution in [3.63, 3.8) is 0 Å². The number of nitrogens with one attached hydrogen (secondary N) is 1. The first-order chi connectivity index (χ1) is 11.5. The van der Waals surface area contributed by atoms with Crippen LogP contribution >= 0.6 is 34.5 Å². The molecular weight excluding hydrogens is 373 g/mol. The van der Waals surface area contributed by atoms with E-state index in [4.69, 9.17) is 27.9 Å². The zero-order valence-corrected chi connectivity index (χ0v) is 14.7. The number of aromatic nitrogens is 1. The number of pyridine rings is 1. The highest BCUT2D eigenvalue weighted by Gasteiger charge is 2.24. The predicted octanol–water partition coefficient (Wildman–Crippen LogP) is 4.37. The maximum Gasteiger partial charge on any atom is 0.257 e. The van der Waals surface area contributed by atoms with Gasteiger partial charge in [-0.15, -0.1) is 11.3 Å². The SMILES string of the molecule is O=[N+]([O-])/C=C1\NCCCC1Oc1cnc(Cl)c(-c2ccc(Cl)s2)c1. The smallest absolute Gasteiger partial charge is 0.257 e. The molecule has 0 bridgehead atoms. The standard InChI is InChI=1S/C15H13Cl2N3O3S/c16-14-4-3-13(24-14)10-6-9(7-19-15(10)17)23-12-2-1-5-18-11(12)8-20(21)22/h3-4,6-8,12,18H,1-2,5H2/b11-8-. The second-order valence-electron chi connectivity index (χ2n) is 5.16. The summed E-state index contributed by atoms with van der Waals surface area (Å²) in [6, 6.07) is 5.42. The van der Waals surface area contributed by atoms with Crippen LogP contribution in [0.2, 0.25) is 9.49 Å². The molecule has 2 aromatic rings. The van der Waals surface area contributed by atoms with Crippen LogP contribution in [0.5, 0.6) is 5.75 Å². The molecule has 3 rings (SSSR count). The normalized spacial score (nSPS) is 19.1. The number of nitrogens with zero attached hydrogens (tertiary/aromatic N) is 2. The Bertz CT molecular complexity index is 794. The fourth-order valence-corrected chi connectivity index (χ4v) is 3.77. The van der Waals surface area contributed by atoms with Crippen molar-refractivity contribution in [1.29, 1.82) is 0 Å². The van der Waals surface area contributed by atoms with Crippen molar-refractivity contribution in [2.45, 2.75) is 18.9 Å². The van der Waals surface area contributed by atoms with Crippen molar-refractivity contribution < 1.29 is 9.66 Å². The molecule has 0 saturated carbocycles. The van der Waals surface area contributed by atoms with Gasteiger partial charge in [-0.05, 0) is 31.0 Å². The van der Waals surface area contributed by atoms with Crippen molar-refractivity contribution >= 4 is 34.5 Å². The maximum absolute atomic E-state index is 10.7. The van der Waals surface area contributed by atoms with Gasteiger partial charge in [-0.25, -0.2) is 4.98 Å². The Morgan fingerprint density at radius 2 is 2.29 bits per heavy atom. The van der Waals surface area contributed by atoms with Crippen molar-refractivity contribution in [2.24, 2.45) is 0 Å². The molecule has 1 fully saturated rings. The van der Waals surface area contributed by atoms with Gasteiger partial charge in [0.15, 0.2) is 0 Å². The van der Waals surface area contributed by atoms with Crippen LogP contribution in [0, 0.1) is 10.1 Å². The van der Waals surface area contributed by atoms with Gasteiger partial charge in [0.05, 0.1) is 15.5 Å². The molecule has 6 nitrogen and oxygen atoms in total. The summed E-state index contributed by atoms with van der Waals surface area (Å²) in [4.78, 5) is 15.3. The summed E-state index contributed by atoms with van der Waals surface area (Å²) in [7, 11) is 0. The van der Waals surface area contributed by atoms with E-state index in [1.165, 1.54) is 17.5 Å². The fraction of sp³-hybridized carbons (Fsp3) is 0.267. The molecule has 0 aliphatic carbocycles. The van der Waals surface area contributed by atoms with E-state index in [1.807, 2.05) is 6.07 Å². The molecule has 0 spiro atoms. The van der Waals surface area contributed by atoms with Gasteiger partial charge >= 0.3 is 0 Å². The summed E-state index contributed by atoms with van der Waals surface area (Å²) < 4.78 is 6.56. The average Bonchev–Trinajstić information content (AvgIpc) is 2.97. The third-order valence-electron chi connectivity index (χ3n) is 3.49. The number of rotatable bonds is 4. The van der Waals surface area contributed by atoms with Crippen LogP contribution in [0.15, 0.2) is 36.3 Å². The molecule has 1 aliphatic heterocycles. The van der Waals surface area contributed by atoms with E-state index >= 15 is 0 Å². The number of thiophene rings is 1. The Kier molecular flexibility index (Phi) is 5.23. The molecule has 3 heterocycles. The summed E-state index contributed by atoms with van der Waals surface area (Å²) in [6.45, 7) is 0.692. The van der Waals surface area contributed by atoms with Crippen LogP contribution in [0.4, 0.5) is 0 Å². The van der Waals surface area contributed by atoms with Crippen LogP contribution < -0.4 is 10.1 Å². The van der Waals surface area contributed by atoms with Crippen molar-refractivity contribution in [1.82, 2.24) is 10.3 Å². The summed E-state index contributed by atoms with van der Waals surface area (Å²) in [5.41, 5.74) is 1.18. The third-order valence-corrected chi connectivity index (χ3v) is 5.06. The van der Waals surface area contributed by atoms with E-state index in [0.717, 1.165) is 23.1 Å². The Morgan fingerprint density at radius 3 is 3.00 bits per heavy atom. The van der Waals surface area contributed by atoms with Crippen molar-refractivity contribution in [3.05, 3.63) is 55.9 Å². The molecular formula is C15H13Cl2N3O3S. The number of nitro groups is 1. The number of hydrogen-bond acceptors (Lipinski definition) is 6. The van der Waals surface area contributed by atoms with Gasteiger partial charge in [0.25, 0.3) is 6.20 Å². The largest absolute Gasteiger partial charge is 0.482 e. The average molecular weight is 386 g/mol. The van der Waals surface area contributed by atoms with Crippen LogP contribution in [0.1, 0.15) is 12.8 Å². The minimum atomic E-state index is -0.483. The van der Waals surface area contributed by atoms with Crippen LogP contribution in [-0.4, -0.2) is 22.6 Å². The van der Waals surface area contributed by atoms with Gasteiger partial charge < -0.3 is 10.1 Å². The Balaban J connectivity index is 1.86. The number of hydrogen-bond donors (Lipinski definition) is 1. The molecule has 24 heavy (non-hydrogen) atoms. The second-order valence-corrected chi connectivity index (χ2v) is 7.23. The first-order valence-corrected chi connectivity index (χ1v) is 8.77. The topological polar surface area (TPSA) is 77.3 Å². The Hall–Kier alpha value is -1.83. The quantitative estimate of drug-likeness (QED) is 0.480. The molecule has 2 aromatic heterocycles. The lowest BCUT2D eigenvalue weighted by molar-refractivity contribution is -0.404. The van der Waals surface area contributed by atoms with Gasteiger partial charge in [0, 0.05) is 17.0 Å². The van der Waals surface area contributed by atoms with E-state index < -0.39 is 11.0 Å². The number of halogens is 2. The number of piperidine rings is 1. The van der Waals surface area contributed by atoms with Crippen LogP contribution in [-0.2, 0) is 0 Å². The van der Waals surface area contributed by atoms with Crippen LogP contribution in [0.3, 0.4) is 0 Å².